The Bertz CT molecular complexity index is 686. The van der Waals surface area contributed by atoms with Crippen LogP contribution in [0, 0.1) is 5.82 Å². The van der Waals surface area contributed by atoms with E-state index in [0.717, 1.165) is 12.1 Å². The van der Waals surface area contributed by atoms with Gasteiger partial charge in [0.2, 0.25) is 0 Å². The van der Waals surface area contributed by atoms with Crippen molar-refractivity contribution in [2.75, 3.05) is 16.8 Å². The minimum absolute atomic E-state index is 0.0243. The number of benzene rings is 2. The Morgan fingerprint density at radius 2 is 1.71 bits per heavy atom. The molecular weight excluding hydrogens is 310 g/mol. The van der Waals surface area contributed by atoms with Gasteiger partial charge < -0.3 is 16.8 Å². The Hall–Kier alpha value is -2.15. The van der Waals surface area contributed by atoms with Gasteiger partial charge in [0.15, 0.2) is 5.82 Å². The summed E-state index contributed by atoms with van der Waals surface area (Å²) >= 11 is 5.65. The standard InChI is InChI=1S/C13H10ClF4N3/c14-10-8(19)5-9(20)12(11(10)15)21-7-3-1-2-6(4-7)13(16,17)18/h1-5,21H,19-20H2. The summed E-state index contributed by atoms with van der Waals surface area (Å²) in [5.41, 5.74) is 9.85. The van der Waals surface area contributed by atoms with Crippen molar-refractivity contribution in [2.45, 2.75) is 6.18 Å². The van der Waals surface area contributed by atoms with E-state index in [0.29, 0.717) is 0 Å². The summed E-state index contributed by atoms with van der Waals surface area (Å²) in [6, 6.07) is 5.50. The highest BCUT2D eigenvalue weighted by Gasteiger charge is 2.30. The van der Waals surface area contributed by atoms with Gasteiger partial charge in [0.05, 0.1) is 22.6 Å². The number of hydrogen-bond donors (Lipinski definition) is 3. The molecule has 0 fully saturated rings. The molecule has 0 aromatic heterocycles. The number of nitrogens with two attached hydrogens (primary N) is 2. The number of nitrogen functional groups attached to an aromatic ring is 2. The molecule has 2 aromatic rings. The molecule has 8 heteroatoms. The predicted molar refractivity (Wildman–Crippen MR) is 75.0 cm³/mol. The summed E-state index contributed by atoms with van der Waals surface area (Å²) in [7, 11) is 0. The average molecular weight is 320 g/mol. The van der Waals surface area contributed by atoms with Crippen LogP contribution in [0.1, 0.15) is 5.56 Å². The molecule has 0 spiro atoms. The van der Waals surface area contributed by atoms with Gasteiger partial charge in [0.1, 0.15) is 5.02 Å². The fourth-order valence-corrected chi connectivity index (χ4v) is 1.86. The second-order valence-electron chi connectivity index (χ2n) is 4.26. The zero-order valence-corrected chi connectivity index (χ0v) is 11.2. The van der Waals surface area contributed by atoms with Gasteiger partial charge in [-0.2, -0.15) is 13.2 Å². The summed E-state index contributed by atoms with van der Waals surface area (Å²) in [5, 5.41) is 2.13. The lowest BCUT2D eigenvalue weighted by Gasteiger charge is -2.14. The highest BCUT2D eigenvalue weighted by molar-refractivity contribution is 6.33. The molecule has 0 bridgehead atoms. The smallest absolute Gasteiger partial charge is 0.397 e. The quantitative estimate of drug-likeness (QED) is 0.567. The van der Waals surface area contributed by atoms with Crippen LogP contribution in [0.3, 0.4) is 0 Å². The summed E-state index contributed by atoms with van der Waals surface area (Å²) in [4.78, 5) is 0. The van der Waals surface area contributed by atoms with Crippen molar-refractivity contribution in [3.05, 3.63) is 46.7 Å². The Balaban J connectivity index is 2.42. The summed E-state index contributed by atoms with van der Waals surface area (Å²) in [5.74, 6) is -0.924. The summed E-state index contributed by atoms with van der Waals surface area (Å²) in [6.07, 6.45) is -4.50. The third-order valence-corrected chi connectivity index (χ3v) is 3.11. The van der Waals surface area contributed by atoms with Crippen LogP contribution in [0.15, 0.2) is 30.3 Å². The molecule has 0 saturated heterocycles. The van der Waals surface area contributed by atoms with Gasteiger partial charge >= 0.3 is 6.18 Å². The molecule has 3 nitrogen and oxygen atoms in total. The second kappa shape index (κ2) is 5.33. The Morgan fingerprint density at radius 3 is 2.33 bits per heavy atom. The number of rotatable bonds is 2. The topological polar surface area (TPSA) is 64.1 Å². The van der Waals surface area contributed by atoms with Crippen LogP contribution in [-0.4, -0.2) is 0 Å². The second-order valence-corrected chi connectivity index (χ2v) is 4.64. The van der Waals surface area contributed by atoms with E-state index < -0.39 is 17.6 Å². The Labute approximate surface area is 122 Å². The molecule has 5 N–H and O–H groups in total. The van der Waals surface area contributed by atoms with Crippen LogP contribution in [-0.2, 0) is 6.18 Å². The van der Waals surface area contributed by atoms with Crippen LogP contribution in [0.5, 0.6) is 0 Å². The highest BCUT2D eigenvalue weighted by Crippen LogP contribution is 2.36. The largest absolute Gasteiger partial charge is 0.416 e. The van der Waals surface area contributed by atoms with E-state index in [9.17, 15) is 17.6 Å². The molecular formula is C13H10ClF4N3. The summed E-state index contributed by atoms with van der Waals surface area (Å²) in [6.45, 7) is 0. The predicted octanol–water partition coefficient (Wildman–Crippen LogP) is 4.41. The van der Waals surface area contributed by atoms with E-state index in [-0.39, 0.29) is 27.8 Å². The van der Waals surface area contributed by atoms with E-state index in [1.54, 1.807) is 0 Å². The van der Waals surface area contributed by atoms with Crippen molar-refractivity contribution in [3.8, 4) is 0 Å². The van der Waals surface area contributed by atoms with Crippen molar-refractivity contribution >= 4 is 34.4 Å². The SMILES string of the molecule is Nc1cc(N)c(Nc2cccc(C(F)(F)F)c2)c(F)c1Cl. The number of alkyl halides is 3. The first-order valence-corrected chi connectivity index (χ1v) is 6.05. The maximum Gasteiger partial charge on any atom is 0.416 e. The number of hydrogen-bond acceptors (Lipinski definition) is 3. The molecule has 21 heavy (non-hydrogen) atoms. The third kappa shape index (κ3) is 3.13. The molecule has 2 rings (SSSR count). The van der Waals surface area contributed by atoms with E-state index in [2.05, 4.69) is 5.32 Å². The average Bonchev–Trinajstić information content (AvgIpc) is 2.41. The van der Waals surface area contributed by atoms with Gasteiger partial charge in [0, 0.05) is 5.69 Å². The number of halogens is 5. The first-order valence-electron chi connectivity index (χ1n) is 5.67. The van der Waals surface area contributed by atoms with Gasteiger partial charge in [-0.1, -0.05) is 17.7 Å². The molecule has 0 unspecified atom stereocenters. The molecule has 2 aromatic carbocycles. The third-order valence-electron chi connectivity index (χ3n) is 2.72. The van der Waals surface area contributed by atoms with Crippen molar-refractivity contribution in [1.82, 2.24) is 0 Å². The van der Waals surface area contributed by atoms with Gasteiger partial charge in [-0.05, 0) is 24.3 Å². The first kappa shape index (κ1) is 15.2. The fraction of sp³-hybridized carbons (Fsp3) is 0.0769. The van der Waals surface area contributed by atoms with Crippen LogP contribution >= 0.6 is 11.6 Å². The number of nitrogens with one attached hydrogen (secondary N) is 1. The van der Waals surface area contributed by atoms with Crippen LogP contribution in [0.25, 0.3) is 0 Å². The normalized spacial score (nSPS) is 11.5. The maximum absolute atomic E-state index is 14.0. The molecule has 112 valence electrons. The Morgan fingerprint density at radius 1 is 1.05 bits per heavy atom. The fourth-order valence-electron chi connectivity index (χ4n) is 1.71. The molecule has 0 heterocycles. The lowest BCUT2D eigenvalue weighted by atomic mass is 10.1. The monoisotopic (exact) mass is 319 g/mol. The molecule has 0 aliphatic carbocycles. The zero-order chi connectivity index (χ0) is 15.8. The van der Waals surface area contributed by atoms with Gasteiger partial charge in [-0.15, -0.1) is 0 Å². The minimum Gasteiger partial charge on any atom is -0.397 e. The molecule has 0 aliphatic rings. The van der Waals surface area contributed by atoms with Gasteiger partial charge in [0.25, 0.3) is 0 Å². The summed E-state index contributed by atoms with van der Waals surface area (Å²) < 4.78 is 51.8. The molecule has 0 aliphatic heterocycles. The molecule has 0 atom stereocenters. The van der Waals surface area contributed by atoms with Gasteiger partial charge in [-0.25, -0.2) is 4.39 Å². The van der Waals surface area contributed by atoms with Crippen LogP contribution in [0.2, 0.25) is 5.02 Å². The minimum atomic E-state index is -4.50. The van der Waals surface area contributed by atoms with Crippen LogP contribution in [0.4, 0.5) is 40.3 Å². The Kier molecular flexibility index (Phi) is 3.87. The van der Waals surface area contributed by atoms with Crippen molar-refractivity contribution in [2.24, 2.45) is 0 Å². The lowest BCUT2D eigenvalue weighted by Crippen LogP contribution is -2.06. The first-order chi connectivity index (χ1) is 9.70. The molecule has 0 saturated carbocycles. The van der Waals surface area contributed by atoms with E-state index in [1.165, 1.54) is 18.2 Å². The van der Waals surface area contributed by atoms with Crippen molar-refractivity contribution in [3.63, 3.8) is 0 Å². The van der Waals surface area contributed by atoms with Crippen molar-refractivity contribution in [1.29, 1.82) is 0 Å². The van der Waals surface area contributed by atoms with Crippen LogP contribution < -0.4 is 16.8 Å². The molecule has 0 radical (unpaired) electrons. The lowest BCUT2D eigenvalue weighted by molar-refractivity contribution is -0.137. The number of anilines is 4. The van der Waals surface area contributed by atoms with E-state index >= 15 is 0 Å². The molecule has 0 amide bonds. The maximum atomic E-state index is 14.0. The van der Waals surface area contributed by atoms with Gasteiger partial charge in [-0.3, -0.25) is 0 Å². The van der Waals surface area contributed by atoms with E-state index in [4.69, 9.17) is 23.1 Å². The van der Waals surface area contributed by atoms with Crippen molar-refractivity contribution < 1.29 is 17.6 Å². The van der Waals surface area contributed by atoms with E-state index in [1.807, 2.05) is 0 Å². The highest BCUT2D eigenvalue weighted by atomic mass is 35.5. The zero-order valence-electron chi connectivity index (χ0n) is 10.4.